The number of hydrogen-bond donors (Lipinski definition) is 7. The first kappa shape index (κ1) is 47.7. The van der Waals surface area contributed by atoms with Gasteiger partial charge in [-0.2, -0.15) is 27.1 Å². The Morgan fingerprint density at radius 1 is 0.453 bits per heavy atom. The molecule has 0 heterocycles. The van der Waals surface area contributed by atoms with Crippen molar-refractivity contribution in [3.63, 3.8) is 0 Å². The van der Waals surface area contributed by atoms with Gasteiger partial charge in [0.1, 0.15) is 51.4 Å². The Hall–Kier alpha value is -7.32. The summed E-state index contributed by atoms with van der Waals surface area (Å²) in [7, 11) is -8.88. The Kier molecular flexibility index (Phi) is 14.8. The minimum absolute atomic E-state index is 0. The summed E-state index contributed by atoms with van der Waals surface area (Å²) in [6.45, 7) is 0. The van der Waals surface area contributed by atoms with E-state index in [1.807, 2.05) is 0 Å². The van der Waals surface area contributed by atoms with Crippen molar-refractivity contribution in [3.05, 3.63) is 131 Å². The fourth-order valence-electron chi connectivity index (χ4n) is 5.37. The van der Waals surface area contributed by atoms with E-state index in [1.165, 1.54) is 60.7 Å². The second-order valence-corrected chi connectivity index (χ2v) is 15.7. The Labute approximate surface area is 382 Å². The van der Waals surface area contributed by atoms with Crippen LogP contribution in [0.25, 0.3) is 0 Å². The molecule has 0 radical (unpaired) electrons. The third kappa shape index (κ3) is 12.0. The molecule has 22 nitrogen and oxygen atoms in total. The number of azo groups is 4. The maximum atomic E-state index is 12.2. The van der Waals surface area contributed by atoms with E-state index in [1.54, 1.807) is 0 Å². The molecule has 6 aromatic carbocycles. The third-order valence-electron chi connectivity index (χ3n) is 8.47. The first-order valence-electron chi connectivity index (χ1n) is 17.4. The second-order valence-electron chi connectivity index (χ2n) is 12.9. The SMILES string of the molecule is O=C([O-])c1cc(Cc2ccc(N=Nc3cc(N=Nc4ccc(S(=O)(=O)O)cc4)c(O)cc3O)c(C(=O)O)c2)ccc1N=Nc1cc(N=Nc2ccc(S(=O)(=O)O)cc2)c(O)cc1O.[Na+]. The number of phenols is 4. The van der Waals surface area contributed by atoms with Crippen LogP contribution in [0.5, 0.6) is 23.0 Å². The van der Waals surface area contributed by atoms with Crippen molar-refractivity contribution in [1.29, 1.82) is 0 Å². The van der Waals surface area contributed by atoms with Crippen molar-refractivity contribution < 1.29 is 95.7 Å². The molecule has 64 heavy (non-hydrogen) atoms. The molecule has 6 rings (SSSR count). The molecule has 0 atom stereocenters. The van der Waals surface area contributed by atoms with E-state index in [0.717, 1.165) is 48.5 Å². The molecule has 25 heteroatoms. The predicted octanol–water partition coefficient (Wildman–Crippen LogP) is 5.32. The molecule has 0 aliphatic heterocycles. The number of carboxylic acids is 2. The van der Waals surface area contributed by atoms with Gasteiger partial charge in [-0.25, -0.2) is 4.79 Å². The number of hydrogen-bond acceptors (Lipinski definition) is 19. The Bertz CT molecular complexity index is 2940. The van der Waals surface area contributed by atoms with E-state index >= 15 is 0 Å². The Morgan fingerprint density at radius 2 is 0.781 bits per heavy atom. The monoisotopic (exact) mass is 918 g/mol. The van der Waals surface area contributed by atoms with Gasteiger partial charge in [0.25, 0.3) is 20.2 Å². The van der Waals surface area contributed by atoms with Gasteiger partial charge >= 0.3 is 35.5 Å². The molecule has 0 saturated carbocycles. The van der Waals surface area contributed by atoms with E-state index in [0.29, 0.717) is 11.1 Å². The normalized spacial score (nSPS) is 12.0. The number of aromatic carboxylic acids is 2. The smallest absolute Gasteiger partial charge is 0.545 e. The fourth-order valence-corrected chi connectivity index (χ4v) is 6.33. The molecule has 320 valence electrons. The summed E-state index contributed by atoms with van der Waals surface area (Å²) in [5, 5.41) is 94.5. The van der Waals surface area contributed by atoms with Crippen LogP contribution in [-0.4, -0.2) is 63.4 Å². The van der Waals surface area contributed by atoms with Crippen LogP contribution >= 0.6 is 0 Å². The van der Waals surface area contributed by atoms with Gasteiger partial charge in [0.2, 0.25) is 0 Å². The zero-order valence-corrected chi connectivity index (χ0v) is 36.1. The van der Waals surface area contributed by atoms with E-state index in [9.17, 15) is 57.1 Å². The van der Waals surface area contributed by atoms with Gasteiger partial charge in [-0.3, -0.25) is 9.11 Å². The molecule has 0 aliphatic rings. The molecule has 0 saturated heterocycles. The number of carbonyl (C=O) groups excluding carboxylic acids is 1. The quantitative estimate of drug-likeness (QED) is 0.0413. The number of benzene rings is 6. The zero-order chi connectivity index (χ0) is 45.6. The molecular formula is C39H27N8NaO14S2. The van der Waals surface area contributed by atoms with Gasteiger partial charge in [-0.15, -0.1) is 30.7 Å². The number of carbonyl (C=O) groups is 2. The molecule has 0 bridgehead atoms. The van der Waals surface area contributed by atoms with Crippen LogP contribution in [0.4, 0.5) is 45.5 Å². The van der Waals surface area contributed by atoms with Crippen LogP contribution < -0.4 is 34.7 Å². The molecule has 0 spiro atoms. The fraction of sp³-hybridized carbons (Fsp3) is 0.0256. The van der Waals surface area contributed by atoms with Crippen molar-refractivity contribution in [1.82, 2.24) is 0 Å². The number of rotatable bonds is 14. The average molecular weight is 919 g/mol. The third-order valence-corrected chi connectivity index (χ3v) is 10.2. The summed E-state index contributed by atoms with van der Waals surface area (Å²) in [5.74, 6) is -5.20. The van der Waals surface area contributed by atoms with Crippen molar-refractivity contribution >= 4 is 77.7 Å². The summed E-state index contributed by atoms with van der Waals surface area (Å²) in [5.41, 5.74) is -0.951. The summed E-state index contributed by atoms with van der Waals surface area (Å²) < 4.78 is 63.3. The van der Waals surface area contributed by atoms with Gasteiger partial charge in [-0.1, -0.05) is 12.1 Å². The Balaban J connectivity index is 0.00000771. The molecule has 0 unspecified atom stereocenters. The largest absolute Gasteiger partial charge is 1.00 e. The van der Waals surface area contributed by atoms with Crippen molar-refractivity contribution in [2.45, 2.75) is 16.2 Å². The summed E-state index contributed by atoms with van der Waals surface area (Å²) in [4.78, 5) is 23.6. The summed E-state index contributed by atoms with van der Waals surface area (Å²) >= 11 is 0. The summed E-state index contributed by atoms with van der Waals surface area (Å²) in [6.07, 6.45) is 0.00666. The van der Waals surface area contributed by atoms with E-state index in [2.05, 4.69) is 40.9 Å². The van der Waals surface area contributed by atoms with Gasteiger partial charge < -0.3 is 35.4 Å². The standard InChI is InChI=1S/C39H28N8O14S2.Na/c48-34-18-36(50)32(16-30(34)44-40-22-3-7-24(8-4-22)62(56,57)58)46-42-28-11-1-20(14-26(28)38(52)53)13-21-2-12-29(27(15-21)39(54)55)43-47-33-17-31(35(49)19-37(33)51)45-41-23-5-9-25(10-6-23)63(59,60)61;/h1-12,14-19,48-51H,13H2,(H,52,53)(H,54,55)(H,56,57,58)(H,59,60,61);/q;+1/p-1. The number of aromatic hydroxyl groups is 4. The van der Waals surface area contributed by atoms with Gasteiger partial charge in [0, 0.05) is 29.8 Å². The zero-order valence-electron chi connectivity index (χ0n) is 32.5. The predicted molar refractivity (Wildman–Crippen MR) is 216 cm³/mol. The first-order valence-corrected chi connectivity index (χ1v) is 20.3. The summed E-state index contributed by atoms with van der Waals surface area (Å²) in [6, 6.07) is 21.3. The minimum Gasteiger partial charge on any atom is -0.545 e. The number of carboxylic acid groups (broad SMARTS) is 2. The van der Waals surface area contributed by atoms with Gasteiger partial charge in [0.05, 0.1) is 38.4 Å². The van der Waals surface area contributed by atoms with E-state index in [-0.39, 0.29) is 96.8 Å². The molecule has 0 aromatic heterocycles. The van der Waals surface area contributed by atoms with Crippen LogP contribution in [0.15, 0.2) is 160 Å². The molecule has 0 amide bonds. The van der Waals surface area contributed by atoms with E-state index in [4.69, 9.17) is 9.11 Å². The van der Waals surface area contributed by atoms with Gasteiger partial charge in [-0.05, 0) is 90.3 Å². The number of nitrogens with zero attached hydrogens (tertiary/aromatic N) is 8. The molecule has 7 N–H and O–H groups in total. The van der Waals surface area contributed by atoms with Crippen molar-refractivity contribution in [2.24, 2.45) is 40.9 Å². The van der Waals surface area contributed by atoms with Crippen molar-refractivity contribution in [3.8, 4) is 23.0 Å². The number of phenolic OH excluding ortho intramolecular Hbond substituents is 4. The second kappa shape index (κ2) is 19.8. The average Bonchev–Trinajstić information content (AvgIpc) is 3.22. The Morgan fingerprint density at radius 3 is 1.12 bits per heavy atom. The molecular weight excluding hydrogens is 892 g/mol. The topological polar surface area (TPSA) is 366 Å². The maximum absolute atomic E-state index is 12.2. The van der Waals surface area contributed by atoms with Crippen LogP contribution in [0.1, 0.15) is 31.8 Å². The molecule has 6 aromatic rings. The molecule has 0 aliphatic carbocycles. The van der Waals surface area contributed by atoms with Crippen LogP contribution in [0.3, 0.4) is 0 Å². The molecule has 0 fully saturated rings. The van der Waals surface area contributed by atoms with E-state index < -0.39 is 60.7 Å². The minimum atomic E-state index is -4.44. The first-order chi connectivity index (χ1) is 29.7. The van der Waals surface area contributed by atoms with Gasteiger partial charge in [0.15, 0.2) is 0 Å². The maximum Gasteiger partial charge on any atom is 1.00 e. The van der Waals surface area contributed by atoms with Crippen LogP contribution in [0.2, 0.25) is 0 Å². The van der Waals surface area contributed by atoms with Crippen molar-refractivity contribution in [2.75, 3.05) is 0 Å². The van der Waals surface area contributed by atoms with Crippen LogP contribution in [-0.2, 0) is 26.7 Å². The van der Waals surface area contributed by atoms with Crippen LogP contribution in [0, 0.1) is 0 Å².